The van der Waals surface area contributed by atoms with Crippen molar-refractivity contribution in [2.75, 3.05) is 32.8 Å². The minimum Gasteiger partial charge on any atom is -0.448 e. The van der Waals surface area contributed by atoms with Crippen molar-refractivity contribution >= 4 is 5.97 Å². The van der Waals surface area contributed by atoms with Gasteiger partial charge in [0.2, 0.25) is 6.10 Å². The maximum atomic E-state index is 13.4. The van der Waals surface area contributed by atoms with Gasteiger partial charge in [-0.2, -0.15) is 26.3 Å². The summed E-state index contributed by atoms with van der Waals surface area (Å²) in [5, 5.41) is 0. The molecule has 3 rings (SSSR count). The largest absolute Gasteiger partial charge is 0.448 e. The Labute approximate surface area is 162 Å². The first kappa shape index (κ1) is 21.8. The summed E-state index contributed by atoms with van der Waals surface area (Å²) in [4.78, 5) is 13.5. The highest BCUT2D eigenvalue weighted by Crippen LogP contribution is 2.33. The zero-order valence-electron chi connectivity index (χ0n) is 15.2. The molecule has 0 bridgehead atoms. The molecule has 2 heterocycles. The maximum Gasteiger partial charge on any atom is 0.426 e. The number of esters is 1. The van der Waals surface area contributed by atoms with E-state index in [1.807, 2.05) is 0 Å². The molecule has 5 nitrogen and oxygen atoms in total. The van der Waals surface area contributed by atoms with Crippen LogP contribution in [0.3, 0.4) is 0 Å². The third kappa shape index (κ3) is 5.40. The summed E-state index contributed by atoms with van der Waals surface area (Å²) >= 11 is 0. The molecule has 1 aromatic carbocycles. The van der Waals surface area contributed by atoms with Crippen LogP contribution in [-0.2, 0) is 20.4 Å². The number of alkyl halides is 6. The first-order valence-electron chi connectivity index (χ1n) is 8.94. The lowest BCUT2D eigenvalue weighted by Crippen LogP contribution is -2.50. The summed E-state index contributed by atoms with van der Waals surface area (Å²) in [6, 6.07) is 3.10. The first-order chi connectivity index (χ1) is 13.5. The lowest BCUT2D eigenvalue weighted by Gasteiger charge is -2.38. The maximum absolute atomic E-state index is 13.4. The SMILES string of the molecule is O=C(O[C@H](CN1CCC2(CC1)OCCO2)C(F)(F)F)c1cccc(C(F)(F)F)c1. The number of ether oxygens (including phenoxy) is 3. The molecule has 29 heavy (non-hydrogen) atoms. The van der Waals surface area contributed by atoms with E-state index in [0.29, 0.717) is 32.1 Å². The van der Waals surface area contributed by atoms with Crippen molar-refractivity contribution in [1.82, 2.24) is 4.90 Å². The summed E-state index contributed by atoms with van der Waals surface area (Å²) in [5.74, 6) is -2.23. The van der Waals surface area contributed by atoms with Gasteiger partial charge in [-0.1, -0.05) is 6.07 Å². The lowest BCUT2D eigenvalue weighted by atomic mass is 10.0. The average Bonchev–Trinajstić information content (AvgIpc) is 3.10. The van der Waals surface area contributed by atoms with Gasteiger partial charge in [-0.05, 0) is 18.2 Å². The van der Waals surface area contributed by atoms with E-state index in [2.05, 4.69) is 4.74 Å². The third-order valence-electron chi connectivity index (χ3n) is 4.90. The van der Waals surface area contributed by atoms with Crippen molar-refractivity contribution in [3.63, 3.8) is 0 Å². The normalized spacial score (nSPS) is 21.3. The average molecular weight is 427 g/mol. The van der Waals surface area contributed by atoms with Crippen LogP contribution in [0.1, 0.15) is 28.8 Å². The summed E-state index contributed by atoms with van der Waals surface area (Å²) in [6.07, 6.45) is -11.3. The van der Waals surface area contributed by atoms with E-state index < -0.39 is 47.9 Å². The number of benzene rings is 1. The van der Waals surface area contributed by atoms with Gasteiger partial charge >= 0.3 is 18.3 Å². The van der Waals surface area contributed by atoms with Gasteiger partial charge in [0.1, 0.15) is 0 Å². The fraction of sp³-hybridized carbons (Fsp3) is 0.611. The summed E-state index contributed by atoms with van der Waals surface area (Å²) in [5.41, 5.74) is -1.74. The monoisotopic (exact) mass is 427 g/mol. The third-order valence-corrected chi connectivity index (χ3v) is 4.90. The molecule has 0 N–H and O–H groups in total. The van der Waals surface area contributed by atoms with E-state index in [-0.39, 0.29) is 13.1 Å². The summed E-state index contributed by atoms with van der Waals surface area (Å²) < 4.78 is 94.0. The van der Waals surface area contributed by atoms with Crippen molar-refractivity contribution in [3.05, 3.63) is 35.4 Å². The van der Waals surface area contributed by atoms with Gasteiger partial charge in [-0.15, -0.1) is 0 Å². The van der Waals surface area contributed by atoms with Crippen molar-refractivity contribution in [1.29, 1.82) is 0 Å². The molecule has 0 unspecified atom stereocenters. The molecule has 2 aliphatic heterocycles. The number of likely N-dealkylation sites (tertiary alicyclic amines) is 1. The molecule has 1 atom stereocenters. The number of nitrogens with zero attached hydrogens (tertiary/aromatic N) is 1. The van der Waals surface area contributed by atoms with Crippen molar-refractivity contribution in [3.8, 4) is 0 Å². The Morgan fingerprint density at radius 3 is 2.28 bits per heavy atom. The lowest BCUT2D eigenvalue weighted by molar-refractivity contribution is -0.217. The molecule has 0 radical (unpaired) electrons. The fourth-order valence-corrected chi connectivity index (χ4v) is 3.32. The smallest absolute Gasteiger partial charge is 0.426 e. The number of carbonyl (C=O) groups is 1. The first-order valence-corrected chi connectivity index (χ1v) is 8.94. The highest BCUT2D eigenvalue weighted by atomic mass is 19.4. The quantitative estimate of drug-likeness (QED) is 0.543. The van der Waals surface area contributed by atoms with Crippen LogP contribution >= 0.6 is 0 Å². The van der Waals surface area contributed by atoms with Gasteiger partial charge in [0.05, 0.1) is 24.3 Å². The molecule has 2 aliphatic rings. The number of piperidine rings is 1. The van der Waals surface area contributed by atoms with Gasteiger partial charge in [0, 0.05) is 32.5 Å². The minimum atomic E-state index is -4.87. The van der Waals surface area contributed by atoms with E-state index in [1.54, 1.807) is 0 Å². The second-order valence-electron chi connectivity index (χ2n) is 6.92. The van der Waals surface area contributed by atoms with Crippen LogP contribution in [0.4, 0.5) is 26.3 Å². The Morgan fingerprint density at radius 1 is 1.10 bits per heavy atom. The molecule has 0 saturated carbocycles. The Hall–Kier alpha value is -1.85. The van der Waals surface area contributed by atoms with Crippen LogP contribution in [0.25, 0.3) is 0 Å². The van der Waals surface area contributed by atoms with Crippen molar-refractivity contribution in [2.24, 2.45) is 0 Å². The van der Waals surface area contributed by atoms with Crippen LogP contribution in [-0.4, -0.2) is 61.8 Å². The van der Waals surface area contributed by atoms with Crippen molar-refractivity contribution in [2.45, 2.75) is 37.1 Å². The molecule has 162 valence electrons. The highest BCUT2D eigenvalue weighted by molar-refractivity contribution is 5.89. The Kier molecular flexibility index (Phi) is 6.11. The van der Waals surface area contributed by atoms with Crippen LogP contribution in [0.5, 0.6) is 0 Å². The van der Waals surface area contributed by atoms with Crippen molar-refractivity contribution < 1.29 is 45.3 Å². The molecule has 2 saturated heterocycles. The Balaban J connectivity index is 1.65. The van der Waals surface area contributed by atoms with E-state index in [9.17, 15) is 31.1 Å². The number of hydrogen-bond donors (Lipinski definition) is 0. The molecule has 0 aliphatic carbocycles. The zero-order valence-corrected chi connectivity index (χ0v) is 15.2. The number of rotatable bonds is 4. The highest BCUT2D eigenvalue weighted by Gasteiger charge is 2.46. The van der Waals surface area contributed by atoms with Crippen LogP contribution in [0.15, 0.2) is 24.3 Å². The summed E-state index contributed by atoms with van der Waals surface area (Å²) in [7, 11) is 0. The number of halogens is 6. The Bertz CT molecular complexity index is 720. The number of hydrogen-bond acceptors (Lipinski definition) is 5. The van der Waals surface area contributed by atoms with E-state index in [4.69, 9.17) is 9.47 Å². The van der Waals surface area contributed by atoms with Crippen LogP contribution < -0.4 is 0 Å². The Morgan fingerprint density at radius 2 is 1.72 bits per heavy atom. The molecule has 1 spiro atoms. The van der Waals surface area contributed by atoms with E-state index >= 15 is 0 Å². The topological polar surface area (TPSA) is 48.0 Å². The second-order valence-corrected chi connectivity index (χ2v) is 6.92. The molecule has 1 aromatic rings. The van der Waals surface area contributed by atoms with Gasteiger partial charge in [-0.25, -0.2) is 4.79 Å². The standard InChI is InChI=1S/C18H19F6NO4/c19-17(20,21)13-3-1-2-12(10-13)15(26)29-14(18(22,23)24)11-25-6-4-16(5-7-25)27-8-9-28-16/h1-3,10,14H,4-9,11H2/t14-/m1/s1. The molecule has 0 aromatic heterocycles. The molecule has 2 fully saturated rings. The van der Waals surface area contributed by atoms with Gasteiger partial charge < -0.3 is 14.2 Å². The molecular formula is C18H19F6NO4. The minimum absolute atomic E-state index is 0.244. The predicted octanol–water partition coefficient (Wildman–Crippen LogP) is 3.63. The van der Waals surface area contributed by atoms with E-state index in [0.717, 1.165) is 18.2 Å². The predicted molar refractivity (Wildman–Crippen MR) is 87.0 cm³/mol. The van der Waals surface area contributed by atoms with Crippen LogP contribution in [0.2, 0.25) is 0 Å². The molecule has 11 heteroatoms. The number of carbonyl (C=O) groups excluding carboxylic acids is 1. The van der Waals surface area contributed by atoms with E-state index in [1.165, 1.54) is 4.90 Å². The zero-order chi connectivity index (χ0) is 21.3. The van der Waals surface area contributed by atoms with Crippen LogP contribution in [0, 0.1) is 0 Å². The molecule has 0 amide bonds. The second kappa shape index (κ2) is 8.11. The van der Waals surface area contributed by atoms with Gasteiger partial charge in [-0.3, -0.25) is 4.90 Å². The molecular weight excluding hydrogens is 408 g/mol. The van der Waals surface area contributed by atoms with Gasteiger partial charge in [0.15, 0.2) is 5.79 Å². The van der Waals surface area contributed by atoms with Gasteiger partial charge in [0.25, 0.3) is 0 Å². The summed E-state index contributed by atoms with van der Waals surface area (Å²) in [6.45, 7) is 0.727. The fourth-order valence-electron chi connectivity index (χ4n) is 3.32.